The van der Waals surface area contributed by atoms with Crippen LogP contribution in [0.1, 0.15) is 22.7 Å². The van der Waals surface area contributed by atoms with Crippen LogP contribution in [0.4, 0.5) is 4.39 Å². The molecule has 3 nitrogen and oxygen atoms in total. The van der Waals surface area contributed by atoms with Crippen LogP contribution in [0.25, 0.3) is 0 Å². The molecule has 1 unspecified atom stereocenters. The minimum absolute atomic E-state index is 0.155. The maximum Gasteiger partial charge on any atom is 0.123 e. The summed E-state index contributed by atoms with van der Waals surface area (Å²) in [5, 5.41) is 0.636. The SMILES string of the molecule is COc1ccc(Cl)cc1CC(NN)c1ccc(F)cc1C. The highest BCUT2D eigenvalue weighted by molar-refractivity contribution is 6.30. The van der Waals surface area contributed by atoms with Gasteiger partial charge in [0.2, 0.25) is 0 Å². The quantitative estimate of drug-likeness (QED) is 0.656. The number of nitrogens with two attached hydrogens (primary N) is 1. The summed E-state index contributed by atoms with van der Waals surface area (Å²) in [5.41, 5.74) is 5.51. The van der Waals surface area contributed by atoms with E-state index in [1.165, 1.54) is 12.1 Å². The van der Waals surface area contributed by atoms with Crippen molar-refractivity contribution in [3.8, 4) is 5.75 Å². The van der Waals surface area contributed by atoms with Crippen LogP contribution in [-0.2, 0) is 6.42 Å². The lowest BCUT2D eigenvalue weighted by molar-refractivity contribution is 0.405. The summed E-state index contributed by atoms with van der Waals surface area (Å²) in [6, 6.07) is 9.96. The Morgan fingerprint density at radius 3 is 2.67 bits per heavy atom. The molecule has 0 heterocycles. The van der Waals surface area contributed by atoms with Crippen molar-refractivity contribution < 1.29 is 9.13 Å². The predicted molar refractivity (Wildman–Crippen MR) is 82.9 cm³/mol. The Balaban J connectivity index is 2.33. The molecule has 0 saturated carbocycles. The molecule has 1 atom stereocenters. The number of ether oxygens (including phenoxy) is 1. The molecule has 2 aromatic rings. The first-order valence-electron chi connectivity index (χ1n) is 6.59. The van der Waals surface area contributed by atoms with Crippen LogP contribution >= 0.6 is 11.6 Å². The molecule has 0 radical (unpaired) electrons. The predicted octanol–water partition coefficient (Wildman–Crippen LogP) is 3.54. The lowest BCUT2D eigenvalue weighted by Crippen LogP contribution is -2.30. The topological polar surface area (TPSA) is 47.3 Å². The third-order valence-corrected chi connectivity index (χ3v) is 3.71. The number of benzene rings is 2. The summed E-state index contributed by atoms with van der Waals surface area (Å²) in [7, 11) is 1.61. The zero-order chi connectivity index (χ0) is 15.4. The minimum atomic E-state index is -0.257. The summed E-state index contributed by atoms with van der Waals surface area (Å²) < 4.78 is 18.6. The highest BCUT2D eigenvalue weighted by Gasteiger charge is 2.16. The van der Waals surface area contributed by atoms with E-state index in [1.807, 2.05) is 19.1 Å². The van der Waals surface area contributed by atoms with Crippen molar-refractivity contribution in [1.82, 2.24) is 5.43 Å². The van der Waals surface area contributed by atoms with Crippen LogP contribution in [0.3, 0.4) is 0 Å². The lowest BCUT2D eigenvalue weighted by atomic mass is 9.95. The maximum atomic E-state index is 13.2. The molecule has 0 bridgehead atoms. The molecule has 5 heteroatoms. The van der Waals surface area contributed by atoms with Crippen molar-refractivity contribution in [2.75, 3.05) is 7.11 Å². The fourth-order valence-corrected chi connectivity index (χ4v) is 2.61. The Hall–Kier alpha value is -1.62. The summed E-state index contributed by atoms with van der Waals surface area (Å²) >= 11 is 6.04. The molecule has 2 aromatic carbocycles. The zero-order valence-electron chi connectivity index (χ0n) is 12.0. The molecule has 0 aliphatic rings. The number of hydrazine groups is 1. The van der Waals surface area contributed by atoms with Crippen LogP contribution in [0, 0.1) is 12.7 Å². The zero-order valence-corrected chi connectivity index (χ0v) is 12.7. The first kappa shape index (κ1) is 15.8. The van der Waals surface area contributed by atoms with E-state index in [4.69, 9.17) is 22.2 Å². The summed E-state index contributed by atoms with van der Waals surface area (Å²) in [6.45, 7) is 1.86. The fourth-order valence-electron chi connectivity index (χ4n) is 2.42. The Kier molecular flexibility index (Phi) is 5.17. The number of halogens is 2. The molecule has 0 aliphatic carbocycles. The molecule has 0 fully saturated rings. The van der Waals surface area contributed by atoms with Gasteiger partial charge in [-0.05, 0) is 60.4 Å². The molecule has 3 N–H and O–H groups in total. The molecular weight excluding hydrogens is 291 g/mol. The van der Waals surface area contributed by atoms with E-state index in [1.54, 1.807) is 19.2 Å². The van der Waals surface area contributed by atoms with Gasteiger partial charge in [0.1, 0.15) is 11.6 Å². The summed E-state index contributed by atoms with van der Waals surface area (Å²) in [6.07, 6.45) is 0.590. The van der Waals surface area contributed by atoms with Gasteiger partial charge in [-0.2, -0.15) is 0 Å². The minimum Gasteiger partial charge on any atom is -0.496 e. The van der Waals surface area contributed by atoms with Crippen molar-refractivity contribution in [3.05, 3.63) is 63.9 Å². The molecule has 112 valence electrons. The molecule has 0 aliphatic heterocycles. The Bertz CT molecular complexity index is 634. The van der Waals surface area contributed by atoms with Crippen LogP contribution in [0.15, 0.2) is 36.4 Å². The average molecular weight is 309 g/mol. The normalized spacial score (nSPS) is 12.2. The van der Waals surface area contributed by atoms with E-state index in [2.05, 4.69) is 5.43 Å². The van der Waals surface area contributed by atoms with Gasteiger partial charge < -0.3 is 4.74 Å². The van der Waals surface area contributed by atoms with Gasteiger partial charge in [0.25, 0.3) is 0 Å². The number of hydrogen-bond acceptors (Lipinski definition) is 3. The van der Waals surface area contributed by atoms with Crippen molar-refractivity contribution in [2.45, 2.75) is 19.4 Å². The standard InChI is InChI=1S/C16H18ClFN2O/c1-10-7-13(18)4-5-14(10)15(20-19)9-11-8-12(17)3-6-16(11)21-2/h3-8,15,20H,9,19H2,1-2H3. The fraction of sp³-hybridized carbons (Fsp3) is 0.250. The van der Waals surface area contributed by atoms with E-state index in [0.717, 1.165) is 22.4 Å². The number of methoxy groups -OCH3 is 1. The second-order valence-corrected chi connectivity index (χ2v) is 5.32. The third-order valence-electron chi connectivity index (χ3n) is 3.47. The van der Waals surface area contributed by atoms with E-state index >= 15 is 0 Å². The average Bonchev–Trinajstić information content (AvgIpc) is 2.45. The van der Waals surface area contributed by atoms with E-state index < -0.39 is 0 Å². The second kappa shape index (κ2) is 6.89. The van der Waals surface area contributed by atoms with Gasteiger partial charge in [-0.15, -0.1) is 0 Å². The van der Waals surface area contributed by atoms with Gasteiger partial charge >= 0.3 is 0 Å². The van der Waals surface area contributed by atoms with Crippen molar-refractivity contribution in [1.29, 1.82) is 0 Å². The maximum absolute atomic E-state index is 13.2. The van der Waals surface area contributed by atoms with Crippen molar-refractivity contribution in [2.24, 2.45) is 5.84 Å². The largest absolute Gasteiger partial charge is 0.496 e. The Morgan fingerprint density at radius 2 is 2.05 bits per heavy atom. The third kappa shape index (κ3) is 3.73. The molecular formula is C16H18ClFN2O. The lowest BCUT2D eigenvalue weighted by Gasteiger charge is -2.20. The number of hydrogen-bond donors (Lipinski definition) is 2. The number of nitrogens with one attached hydrogen (secondary N) is 1. The Morgan fingerprint density at radius 1 is 1.29 bits per heavy atom. The molecule has 0 amide bonds. The van der Waals surface area contributed by atoms with Gasteiger partial charge in [0, 0.05) is 5.02 Å². The van der Waals surface area contributed by atoms with Crippen LogP contribution < -0.4 is 16.0 Å². The van der Waals surface area contributed by atoms with Crippen molar-refractivity contribution >= 4 is 11.6 Å². The summed E-state index contributed by atoms with van der Waals surface area (Å²) in [5.74, 6) is 6.16. The second-order valence-electron chi connectivity index (χ2n) is 4.88. The van der Waals surface area contributed by atoms with E-state index in [9.17, 15) is 4.39 Å². The molecule has 0 aromatic heterocycles. The van der Waals surface area contributed by atoms with Gasteiger partial charge in [-0.25, -0.2) is 4.39 Å². The number of aryl methyl sites for hydroxylation is 1. The van der Waals surface area contributed by atoms with E-state index in [0.29, 0.717) is 11.4 Å². The highest BCUT2D eigenvalue weighted by Crippen LogP contribution is 2.28. The molecule has 2 rings (SSSR count). The summed E-state index contributed by atoms with van der Waals surface area (Å²) in [4.78, 5) is 0. The van der Waals surface area contributed by atoms with Crippen LogP contribution in [-0.4, -0.2) is 7.11 Å². The van der Waals surface area contributed by atoms with Gasteiger partial charge in [0.05, 0.1) is 13.2 Å². The first-order chi connectivity index (χ1) is 10.0. The van der Waals surface area contributed by atoms with Gasteiger partial charge in [-0.1, -0.05) is 17.7 Å². The highest BCUT2D eigenvalue weighted by atomic mass is 35.5. The first-order valence-corrected chi connectivity index (χ1v) is 6.97. The smallest absolute Gasteiger partial charge is 0.123 e. The van der Waals surface area contributed by atoms with Gasteiger partial charge in [0.15, 0.2) is 0 Å². The van der Waals surface area contributed by atoms with Crippen LogP contribution in [0.2, 0.25) is 5.02 Å². The van der Waals surface area contributed by atoms with Crippen molar-refractivity contribution in [3.63, 3.8) is 0 Å². The number of rotatable bonds is 5. The molecule has 0 spiro atoms. The van der Waals surface area contributed by atoms with Crippen LogP contribution in [0.5, 0.6) is 5.75 Å². The van der Waals surface area contributed by atoms with Gasteiger partial charge in [-0.3, -0.25) is 11.3 Å². The monoisotopic (exact) mass is 308 g/mol. The Labute approximate surface area is 128 Å². The molecule has 0 saturated heterocycles. The van der Waals surface area contributed by atoms with E-state index in [-0.39, 0.29) is 11.9 Å². The molecule has 21 heavy (non-hydrogen) atoms.